The Balaban J connectivity index is 1.91. The highest BCUT2D eigenvalue weighted by molar-refractivity contribution is 5.74. The van der Waals surface area contributed by atoms with E-state index in [0.717, 1.165) is 25.1 Å². The number of amides is 2. The Bertz CT molecular complexity index is 487. The molecule has 0 aromatic heterocycles. The van der Waals surface area contributed by atoms with Crippen LogP contribution in [0, 0.1) is 0 Å². The molecule has 0 bridgehead atoms. The molecule has 1 aromatic rings. The smallest absolute Gasteiger partial charge is 0.315 e. The number of hydrogen-bond donors (Lipinski definition) is 3. The van der Waals surface area contributed by atoms with Crippen molar-refractivity contribution in [1.82, 2.24) is 10.6 Å². The number of carbonyl (C=O) groups is 1. The van der Waals surface area contributed by atoms with Gasteiger partial charge in [-0.05, 0) is 43.7 Å². The molecule has 0 radical (unpaired) electrons. The van der Waals surface area contributed by atoms with Gasteiger partial charge in [0.05, 0.1) is 0 Å². The summed E-state index contributed by atoms with van der Waals surface area (Å²) in [4.78, 5) is 14.4. The third kappa shape index (κ3) is 5.43. The van der Waals surface area contributed by atoms with Gasteiger partial charge in [-0.2, -0.15) is 0 Å². The molecule has 3 N–H and O–H groups in total. The maximum atomic E-state index is 12.0. The van der Waals surface area contributed by atoms with Gasteiger partial charge in [-0.25, -0.2) is 4.79 Å². The van der Waals surface area contributed by atoms with Crippen molar-refractivity contribution in [2.45, 2.75) is 51.6 Å². The second kappa shape index (κ2) is 9.40. The van der Waals surface area contributed by atoms with Crippen LogP contribution >= 0.6 is 0 Å². The van der Waals surface area contributed by atoms with Crippen molar-refractivity contribution in [3.05, 3.63) is 29.8 Å². The molecule has 0 saturated carbocycles. The van der Waals surface area contributed by atoms with Gasteiger partial charge in [-0.1, -0.05) is 25.1 Å². The number of urea groups is 1. The van der Waals surface area contributed by atoms with E-state index in [0.29, 0.717) is 13.0 Å². The van der Waals surface area contributed by atoms with Crippen molar-refractivity contribution in [3.63, 3.8) is 0 Å². The van der Waals surface area contributed by atoms with Crippen LogP contribution in [0.1, 0.15) is 44.6 Å². The zero-order valence-corrected chi connectivity index (χ0v) is 14.1. The van der Waals surface area contributed by atoms with Gasteiger partial charge in [-0.15, -0.1) is 0 Å². The number of benzene rings is 1. The molecule has 1 aliphatic rings. The summed E-state index contributed by atoms with van der Waals surface area (Å²) in [6.45, 7) is 4.81. The SMILES string of the molecule is CCC(CCO)NC(=O)NCc1ccccc1N1CCCCC1. The predicted molar refractivity (Wildman–Crippen MR) is 93.7 cm³/mol. The Labute approximate surface area is 139 Å². The molecule has 1 aliphatic heterocycles. The maximum absolute atomic E-state index is 12.0. The number of aliphatic hydroxyl groups is 1. The van der Waals surface area contributed by atoms with E-state index in [-0.39, 0.29) is 18.7 Å². The largest absolute Gasteiger partial charge is 0.396 e. The van der Waals surface area contributed by atoms with E-state index >= 15 is 0 Å². The minimum Gasteiger partial charge on any atom is -0.396 e. The number of hydrogen-bond acceptors (Lipinski definition) is 3. The standard InChI is InChI=1S/C18H29N3O2/c1-2-16(10-13-22)20-18(23)19-14-15-8-4-5-9-17(15)21-11-6-3-7-12-21/h4-5,8-9,16,22H,2-3,6-7,10-14H2,1H3,(H2,19,20,23). The Hall–Kier alpha value is -1.75. The minimum atomic E-state index is -0.168. The predicted octanol–water partition coefficient (Wildman–Crippen LogP) is 2.64. The highest BCUT2D eigenvalue weighted by atomic mass is 16.3. The lowest BCUT2D eigenvalue weighted by atomic mass is 10.1. The lowest BCUT2D eigenvalue weighted by Gasteiger charge is -2.30. The summed E-state index contributed by atoms with van der Waals surface area (Å²) in [5, 5.41) is 14.8. The summed E-state index contributed by atoms with van der Waals surface area (Å²) in [5.74, 6) is 0. The van der Waals surface area contributed by atoms with Crippen molar-refractivity contribution >= 4 is 11.7 Å². The van der Waals surface area contributed by atoms with E-state index in [1.165, 1.54) is 24.9 Å². The normalized spacial score (nSPS) is 16.0. The van der Waals surface area contributed by atoms with Crippen molar-refractivity contribution in [1.29, 1.82) is 0 Å². The lowest BCUT2D eigenvalue weighted by Crippen LogP contribution is -2.42. The molecular formula is C18H29N3O2. The van der Waals surface area contributed by atoms with Crippen LogP contribution in [-0.4, -0.2) is 36.9 Å². The van der Waals surface area contributed by atoms with Gasteiger partial charge in [0, 0.05) is 38.0 Å². The molecule has 0 aliphatic carbocycles. The fourth-order valence-corrected chi connectivity index (χ4v) is 3.05. The molecule has 128 valence electrons. The number of aliphatic hydroxyl groups excluding tert-OH is 1. The van der Waals surface area contributed by atoms with Crippen LogP contribution < -0.4 is 15.5 Å². The number of nitrogens with one attached hydrogen (secondary N) is 2. The Morgan fingerprint density at radius 2 is 2.00 bits per heavy atom. The first-order valence-electron chi connectivity index (χ1n) is 8.72. The molecule has 1 heterocycles. The average molecular weight is 319 g/mol. The van der Waals surface area contributed by atoms with E-state index in [1.807, 2.05) is 13.0 Å². The molecule has 1 unspecified atom stereocenters. The van der Waals surface area contributed by atoms with Crippen LogP contribution in [-0.2, 0) is 6.54 Å². The van der Waals surface area contributed by atoms with Crippen molar-refractivity contribution in [3.8, 4) is 0 Å². The third-order valence-corrected chi connectivity index (χ3v) is 4.43. The lowest BCUT2D eigenvalue weighted by molar-refractivity contribution is 0.227. The molecule has 23 heavy (non-hydrogen) atoms. The quantitative estimate of drug-likeness (QED) is 0.724. The first kappa shape index (κ1) is 17.6. The van der Waals surface area contributed by atoms with Crippen molar-refractivity contribution in [2.24, 2.45) is 0 Å². The van der Waals surface area contributed by atoms with Crippen LogP contribution in [0.15, 0.2) is 24.3 Å². The zero-order valence-electron chi connectivity index (χ0n) is 14.1. The first-order chi connectivity index (χ1) is 11.2. The number of piperidine rings is 1. The molecule has 1 fully saturated rings. The molecule has 2 amide bonds. The average Bonchev–Trinajstić information content (AvgIpc) is 2.60. The van der Waals surface area contributed by atoms with Gasteiger partial charge in [0.1, 0.15) is 0 Å². The maximum Gasteiger partial charge on any atom is 0.315 e. The minimum absolute atomic E-state index is 0.0253. The highest BCUT2D eigenvalue weighted by Gasteiger charge is 2.15. The van der Waals surface area contributed by atoms with E-state index in [9.17, 15) is 4.79 Å². The summed E-state index contributed by atoms with van der Waals surface area (Å²) in [7, 11) is 0. The number of rotatable bonds is 7. The topological polar surface area (TPSA) is 64.6 Å². The van der Waals surface area contributed by atoms with Gasteiger partial charge in [0.25, 0.3) is 0 Å². The van der Waals surface area contributed by atoms with Crippen LogP contribution in [0.5, 0.6) is 0 Å². The van der Waals surface area contributed by atoms with Gasteiger partial charge >= 0.3 is 6.03 Å². The van der Waals surface area contributed by atoms with E-state index < -0.39 is 0 Å². The summed E-state index contributed by atoms with van der Waals surface area (Å²) in [6.07, 6.45) is 5.19. The highest BCUT2D eigenvalue weighted by Crippen LogP contribution is 2.23. The van der Waals surface area contributed by atoms with Crippen LogP contribution in [0.2, 0.25) is 0 Å². The van der Waals surface area contributed by atoms with Gasteiger partial charge in [-0.3, -0.25) is 0 Å². The van der Waals surface area contributed by atoms with Crippen molar-refractivity contribution in [2.75, 3.05) is 24.6 Å². The van der Waals surface area contributed by atoms with Gasteiger partial charge in [0.15, 0.2) is 0 Å². The Kier molecular flexibility index (Phi) is 7.20. The number of para-hydroxylation sites is 1. The molecular weight excluding hydrogens is 290 g/mol. The van der Waals surface area contributed by atoms with Crippen LogP contribution in [0.25, 0.3) is 0 Å². The van der Waals surface area contributed by atoms with Gasteiger partial charge in [0.2, 0.25) is 0 Å². The van der Waals surface area contributed by atoms with Crippen molar-refractivity contribution < 1.29 is 9.90 Å². The van der Waals surface area contributed by atoms with E-state index in [4.69, 9.17) is 5.11 Å². The molecule has 2 rings (SSSR count). The Morgan fingerprint density at radius 3 is 2.70 bits per heavy atom. The molecule has 1 aromatic carbocycles. The van der Waals surface area contributed by atoms with Crippen LogP contribution in [0.4, 0.5) is 10.5 Å². The zero-order chi connectivity index (χ0) is 16.5. The molecule has 5 heteroatoms. The second-order valence-corrected chi connectivity index (χ2v) is 6.12. The molecule has 1 atom stereocenters. The number of carbonyl (C=O) groups excluding carboxylic acids is 1. The Morgan fingerprint density at radius 1 is 1.26 bits per heavy atom. The second-order valence-electron chi connectivity index (χ2n) is 6.12. The summed E-state index contributed by atoms with van der Waals surface area (Å²) in [6, 6.07) is 8.15. The van der Waals surface area contributed by atoms with E-state index in [2.05, 4.69) is 33.7 Å². The summed E-state index contributed by atoms with van der Waals surface area (Å²) >= 11 is 0. The fraction of sp³-hybridized carbons (Fsp3) is 0.611. The molecule has 0 spiro atoms. The van der Waals surface area contributed by atoms with Crippen LogP contribution in [0.3, 0.4) is 0 Å². The number of nitrogens with zero attached hydrogens (tertiary/aromatic N) is 1. The summed E-state index contributed by atoms with van der Waals surface area (Å²) < 4.78 is 0. The molecule has 5 nitrogen and oxygen atoms in total. The van der Waals surface area contributed by atoms with Gasteiger partial charge < -0.3 is 20.6 Å². The number of anilines is 1. The monoisotopic (exact) mass is 319 g/mol. The first-order valence-corrected chi connectivity index (χ1v) is 8.72. The third-order valence-electron chi connectivity index (χ3n) is 4.43. The molecule has 1 saturated heterocycles. The summed E-state index contributed by atoms with van der Waals surface area (Å²) in [5.41, 5.74) is 2.38. The fourth-order valence-electron chi connectivity index (χ4n) is 3.05. The van der Waals surface area contributed by atoms with E-state index in [1.54, 1.807) is 0 Å².